The molecule has 0 aliphatic heterocycles. The van der Waals surface area contributed by atoms with Gasteiger partial charge in [-0.3, -0.25) is 9.48 Å². The predicted molar refractivity (Wildman–Crippen MR) is 106 cm³/mol. The van der Waals surface area contributed by atoms with E-state index in [1.807, 2.05) is 49.7 Å². The molecule has 1 aromatic carbocycles. The Kier molecular flexibility index (Phi) is 6.57. The van der Waals surface area contributed by atoms with Gasteiger partial charge in [-0.25, -0.2) is 0 Å². The number of amides is 1. The van der Waals surface area contributed by atoms with Gasteiger partial charge in [0.2, 0.25) is 17.7 Å². The van der Waals surface area contributed by atoms with Crippen molar-refractivity contribution >= 4 is 5.91 Å². The van der Waals surface area contributed by atoms with Gasteiger partial charge in [0, 0.05) is 31.0 Å². The van der Waals surface area contributed by atoms with E-state index in [2.05, 4.69) is 32.7 Å². The summed E-state index contributed by atoms with van der Waals surface area (Å²) in [6.45, 7) is 6.60. The lowest BCUT2D eigenvalue weighted by Gasteiger charge is -2.14. The molecule has 148 valence electrons. The van der Waals surface area contributed by atoms with Crippen LogP contribution in [0.1, 0.15) is 42.1 Å². The molecule has 3 aromatic rings. The average Bonchev–Trinajstić information content (AvgIpc) is 3.25. The van der Waals surface area contributed by atoms with Crippen molar-refractivity contribution in [1.82, 2.24) is 25.3 Å². The molecule has 0 aliphatic carbocycles. The molecule has 0 saturated carbocycles. The maximum atomic E-state index is 12.2. The second-order valence-electron chi connectivity index (χ2n) is 7.15. The Hall–Kier alpha value is -2.96. The Balaban J connectivity index is 1.40. The van der Waals surface area contributed by atoms with Crippen molar-refractivity contribution in [2.45, 2.75) is 59.0 Å². The monoisotopic (exact) mass is 381 g/mol. The highest BCUT2D eigenvalue weighted by Gasteiger charge is 2.13. The van der Waals surface area contributed by atoms with Gasteiger partial charge in [-0.1, -0.05) is 30.3 Å². The van der Waals surface area contributed by atoms with Gasteiger partial charge in [-0.2, -0.15) is 5.10 Å². The van der Waals surface area contributed by atoms with Crippen LogP contribution < -0.4 is 5.32 Å². The second-order valence-corrected chi connectivity index (χ2v) is 7.15. The summed E-state index contributed by atoms with van der Waals surface area (Å²) in [5, 5.41) is 15.6. The number of hydrogen-bond donors (Lipinski definition) is 1. The first-order chi connectivity index (χ1) is 13.5. The van der Waals surface area contributed by atoms with E-state index >= 15 is 0 Å². The zero-order valence-electron chi connectivity index (χ0n) is 16.7. The first kappa shape index (κ1) is 19.8. The molecule has 1 N–H and O–H groups in total. The molecule has 0 unspecified atom stereocenters. The van der Waals surface area contributed by atoms with E-state index < -0.39 is 0 Å². The summed E-state index contributed by atoms with van der Waals surface area (Å²) < 4.78 is 7.57. The van der Waals surface area contributed by atoms with Gasteiger partial charge in [0.1, 0.15) is 0 Å². The van der Waals surface area contributed by atoms with E-state index in [0.717, 1.165) is 17.8 Å². The maximum absolute atomic E-state index is 12.2. The van der Waals surface area contributed by atoms with E-state index in [0.29, 0.717) is 37.6 Å². The lowest BCUT2D eigenvalue weighted by atomic mass is 10.1. The highest BCUT2D eigenvalue weighted by atomic mass is 16.4. The van der Waals surface area contributed by atoms with E-state index in [4.69, 9.17) is 4.42 Å². The van der Waals surface area contributed by atoms with Gasteiger partial charge in [-0.05, 0) is 38.8 Å². The third-order valence-corrected chi connectivity index (χ3v) is 4.50. The number of aryl methyl sites for hydroxylation is 5. The van der Waals surface area contributed by atoms with Crippen molar-refractivity contribution < 1.29 is 9.21 Å². The molecule has 3 rings (SSSR count). The molecule has 28 heavy (non-hydrogen) atoms. The van der Waals surface area contributed by atoms with Crippen molar-refractivity contribution in [3.63, 3.8) is 0 Å². The molecular formula is C21H27N5O2. The molecular weight excluding hydrogens is 354 g/mol. The van der Waals surface area contributed by atoms with Crippen LogP contribution in [0.25, 0.3) is 0 Å². The molecule has 0 fully saturated rings. The summed E-state index contributed by atoms with van der Waals surface area (Å²) in [6.07, 6.45) is 2.31. The third-order valence-electron chi connectivity index (χ3n) is 4.50. The highest BCUT2D eigenvalue weighted by Crippen LogP contribution is 2.08. The van der Waals surface area contributed by atoms with Gasteiger partial charge < -0.3 is 9.73 Å². The van der Waals surface area contributed by atoms with Gasteiger partial charge in [0.15, 0.2) is 0 Å². The fourth-order valence-electron chi connectivity index (χ4n) is 3.12. The summed E-state index contributed by atoms with van der Waals surface area (Å²) in [6, 6.07) is 12.2. The van der Waals surface area contributed by atoms with Gasteiger partial charge >= 0.3 is 0 Å². The van der Waals surface area contributed by atoms with Gasteiger partial charge in [0.25, 0.3) is 0 Å². The van der Waals surface area contributed by atoms with E-state index in [9.17, 15) is 4.79 Å². The van der Waals surface area contributed by atoms with Crippen LogP contribution in [0.2, 0.25) is 0 Å². The van der Waals surface area contributed by atoms with Crippen molar-refractivity contribution in [1.29, 1.82) is 0 Å². The van der Waals surface area contributed by atoms with Crippen LogP contribution in [0.3, 0.4) is 0 Å². The molecule has 1 atom stereocenters. The predicted octanol–water partition coefficient (Wildman–Crippen LogP) is 2.81. The summed E-state index contributed by atoms with van der Waals surface area (Å²) in [5.41, 5.74) is 3.31. The number of nitrogens with zero attached hydrogens (tertiary/aromatic N) is 4. The lowest BCUT2D eigenvalue weighted by Crippen LogP contribution is -2.36. The summed E-state index contributed by atoms with van der Waals surface area (Å²) in [4.78, 5) is 12.2. The minimum Gasteiger partial charge on any atom is -0.425 e. The Bertz CT molecular complexity index is 901. The van der Waals surface area contributed by atoms with Crippen LogP contribution in [0.15, 0.2) is 40.8 Å². The normalized spacial score (nSPS) is 12.1. The largest absolute Gasteiger partial charge is 0.425 e. The topological polar surface area (TPSA) is 85.8 Å². The quantitative estimate of drug-likeness (QED) is 0.616. The van der Waals surface area contributed by atoms with Crippen LogP contribution in [0.4, 0.5) is 0 Å². The molecule has 0 bridgehead atoms. The zero-order chi connectivity index (χ0) is 19.9. The van der Waals surface area contributed by atoms with Crippen LogP contribution >= 0.6 is 0 Å². The summed E-state index contributed by atoms with van der Waals surface area (Å²) in [5.74, 6) is 1.08. The number of rotatable bonds is 9. The third kappa shape index (κ3) is 5.77. The van der Waals surface area contributed by atoms with Gasteiger partial charge in [0.05, 0.1) is 12.2 Å². The lowest BCUT2D eigenvalue weighted by molar-refractivity contribution is -0.121. The standard InChI is InChI=1S/C21H27N5O2/c1-15-13-17(3)26(25-15)14-16(2)22-19(27)10-12-21-24-23-20(28-21)11-9-18-7-5-4-6-8-18/h4-8,13,16H,9-12,14H2,1-3H3,(H,22,27)/t16-/m1/s1. The van der Waals surface area contributed by atoms with Crippen molar-refractivity contribution in [2.75, 3.05) is 0 Å². The first-order valence-corrected chi connectivity index (χ1v) is 9.65. The molecule has 7 nitrogen and oxygen atoms in total. The number of benzene rings is 1. The molecule has 2 aromatic heterocycles. The number of carbonyl (C=O) groups excluding carboxylic acids is 1. The summed E-state index contributed by atoms with van der Waals surface area (Å²) >= 11 is 0. The molecule has 0 aliphatic rings. The molecule has 2 heterocycles. The average molecular weight is 381 g/mol. The first-order valence-electron chi connectivity index (χ1n) is 9.65. The molecule has 1 amide bonds. The second kappa shape index (κ2) is 9.30. The number of aromatic nitrogens is 4. The van der Waals surface area contributed by atoms with E-state index in [-0.39, 0.29) is 11.9 Å². The molecule has 0 radical (unpaired) electrons. The highest BCUT2D eigenvalue weighted by molar-refractivity contribution is 5.76. The smallest absolute Gasteiger partial charge is 0.220 e. The number of carbonyl (C=O) groups is 1. The van der Waals surface area contributed by atoms with Crippen LogP contribution in [-0.4, -0.2) is 31.9 Å². The fraction of sp³-hybridized carbons (Fsp3) is 0.429. The van der Waals surface area contributed by atoms with E-state index in [1.54, 1.807) is 0 Å². The molecule has 0 spiro atoms. The zero-order valence-corrected chi connectivity index (χ0v) is 16.7. The van der Waals surface area contributed by atoms with Crippen molar-refractivity contribution in [3.05, 3.63) is 65.1 Å². The number of hydrogen-bond acceptors (Lipinski definition) is 5. The Morgan fingerprint density at radius 2 is 1.82 bits per heavy atom. The van der Waals surface area contributed by atoms with Crippen LogP contribution in [-0.2, 0) is 30.6 Å². The van der Waals surface area contributed by atoms with Crippen LogP contribution in [0, 0.1) is 13.8 Å². The minimum atomic E-state index is -0.0296. The number of nitrogens with one attached hydrogen (secondary N) is 1. The Morgan fingerprint density at radius 1 is 1.11 bits per heavy atom. The SMILES string of the molecule is Cc1cc(C)n(C[C@@H](C)NC(=O)CCc2nnc(CCc3ccccc3)o2)n1. The molecule has 0 saturated heterocycles. The summed E-state index contributed by atoms with van der Waals surface area (Å²) in [7, 11) is 0. The molecule has 7 heteroatoms. The van der Waals surface area contributed by atoms with E-state index in [1.165, 1.54) is 5.56 Å². The Labute approximate surface area is 165 Å². The Morgan fingerprint density at radius 3 is 2.50 bits per heavy atom. The maximum Gasteiger partial charge on any atom is 0.220 e. The van der Waals surface area contributed by atoms with Crippen LogP contribution in [0.5, 0.6) is 0 Å². The fourth-order valence-corrected chi connectivity index (χ4v) is 3.12. The minimum absolute atomic E-state index is 0.00498. The van der Waals surface area contributed by atoms with Gasteiger partial charge in [-0.15, -0.1) is 10.2 Å². The van der Waals surface area contributed by atoms with Crippen molar-refractivity contribution in [2.24, 2.45) is 0 Å². The van der Waals surface area contributed by atoms with Crippen molar-refractivity contribution in [3.8, 4) is 0 Å².